The maximum absolute atomic E-state index is 12.0. The summed E-state index contributed by atoms with van der Waals surface area (Å²) in [5.41, 5.74) is 1.46. The van der Waals surface area contributed by atoms with E-state index in [0.717, 1.165) is 16.5 Å². The molecule has 0 saturated heterocycles. The number of aliphatic carboxylic acids is 1. The largest absolute Gasteiger partial charge is 0.548 e. The number of aromatic hydroxyl groups is 1. The van der Waals surface area contributed by atoms with E-state index < -0.39 is 12.0 Å². The van der Waals surface area contributed by atoms with Crippen LogP contribution in [0.25, 0.3) is 10.9 Å². The van der Waals surface area contributed by atoms with E-state index in [0.29, 0.717) is 0 Å². The summed E-state index contributed by atoms with van der Waals surface area (Å²) in [5, 5.41) is 23.6. The topological polar surface area (TPSA) is 105 Å². The summed E-state index contributed by atoms with van der Waals surface area (Å²) >= 11 is 0. The summed E-state index contributed by atoms with van der Waals surface area (Å²) in [4.78, 5) is 25.9. The molecule has 0 fully saturated rings. The number of benzene rings is 1. The van der Waals surface area contributed by atoms with Gasteiger partial charge in [0.15, 0.2) is 0 Å². The van der Waals surface area contributed by atoms with Crippen LogP contribution in [0.3, 0.4) is 0 Å². The van der Waals surface area contributed by atoms with Gasteiger partial charge in [0.05, 0.1) is 18.4 Å². The highest BCUT2D eigenvalue weighted by molar-refractivity contribution is 5.90. The highest BCUT2D eigenvalue weighted by Crippen LogP contribution is 2.22. The molecule has 0 unspecified atom stereocenters. The Hall–Kier alpha value is -2.50. The fourth-order valence-corrected chi connectivity index (χ4v) is 2.22. The van der Waals surface area contributed by atoms with Gasteiger partial charge in [-0.05, 0) is 23.6 Å². The maximum atomic E-state index is 12.0. The molecule has 0 spiro atoms. The van der Waals surface area contributed by atoms with Crippen molar-refractivity contribution in [2.75, 3.05) is 0 Å². The summed E-state index contributed by atoms with van der Waals surface area (Å²) in [5.74, 6) is -1.79. The third-order valence-electron chi connectivity index (χ3n) is 3.34. The summed E-state index contributed by atoms with van der Waals surface area (Å²) in [6.07, 6.45) is 1.73. The van der Waals surface area contributed by atoms with Gasteiger partial charge in [-0.1, -0.05) is 13.8 Å². The van der Waals surface area contributed by atoms with Gasteiger partial charge in [0.1, 0.15) is 5.75 Å². The van der Waals surface area contributed by atoms with E-state index >= 15 is 0 Å². The van der Waals surface area contributed by atoms with E-state index in [-0.39, 0.29) is 24.0 Å². The number of H-pyrrole nitrogens is 1. The first-order valence-corrected chi connectivity index (χ1v) is 6.67. The van der Waals surface area contributed by atoms with Crippen molar-refractivity contribution in [1.82, 2.24) is 10.3 Å². The Kier molecular flexibility index (Phi) is 4.16. The van der Waals surface area contributed by atoms with Gasteiger partial charge in [-0.3, -0.25) is 4.79 Å². The second kappa shape index (κ2) is 5.87. The van der Waals surface area contributed by atoms with Gasteiger partial charge in [-0.2, -0.15) is 0 Å². The van der Waals surface area contributed by atoms with Gasteiger partial charge in [-0.15, -0.1) is 0 Å². The lowest BCUT2D eigenvalue weighted by Gasteiger charge is -2.23. The number of carboxylic acid groups (broad SMARTS) is 1. The number of phenolic OH excluding ortho intramolecular Hbond substituents is 1. The van der Waals surface area contributed by atoms with Crippen molar-refractivity contribution in [3.05, 3.63) is 30.0 Å². The van der Waals surface area contributed by atoms with Crippen LogP contribution in [0, 0.1) is 5.92 Å². The number of rotatable bonds is 5. The fourth-order valence-electron chi connectivity index (χ4n) is 2.22. The predicted molar refractivity (Wildman–Crippen MR) is 75.4 cm³/mol. The Morgan fingerprint density at radius 2 is 2.10 bits per heavy atom. The molecule has 1 heterocycles. The minimum Gasteiger partial charge on any atom is -0.548 e. The summed E-state index contributed by atoms with van der Waals surface area (Å²) < 4.78 is 0. The molecule has 0 aliphatic carbocycles. The zero-order valence-electron chi connectivity index (χ0n) is 11.8. The number of nitrogens with one attached hydrogen (secondary N) is 2. The number of carbonyl (C=O) groups excluding carboxylic acids is 2. The molecule has 2 aromatic rings. The molecule has 1 atom stereocenters. The molecule has 1 amide bonds. The summed E-state index contributed by atoms with van der Waals surface area (Å²) in [6.45, 7) is 3.41. The molecule has 3 N–H and O–H groups in total. The zero-order chi connectivity index (χ0) is 15.6. The van der Waals surface area contributed by atoms with Crippen LogP contribution in [-0.2, 0) is 16.0 Å². The van der Waals surface area contributed by atoms with Crippen LogP contribution in [0.5, 0.6) is 5.75 Å². The number of amides is 1. The Balaban J connectivity index is 2.13. The number of carboxylic acids is 1. The highest BCUT2D eigenvalue weighted by atomic mass is 16.4. The molecule has 1 aromatic heterocycles. The van der Waals surface area contributed by atoms with E-state index in [9.17, 15) is 19.8 Å². The van der Waals surface area contributed by atoms with Crippen LogP contribution >= 0.6 is 0 Å². The first-order chi connectivity index (χ1) is 9.88. The zero-order valence-corrected chi connectivity index (χ0v) is 11.8. The third kappa shape index (κ3) is 3.34. The van der Waals surface area contributed by atoms with Gasteiger partial charge >= 0.3 is 0 Å². The number of phenols is 1. The molecule has 2 rings (SSSR count). The lowest BCUT2D eigenvalue weighted by molar-refractivity contribution is -0.309. The quantitative estimate of drug-likeness (QED) is 0.736. The Morgan fingerprint density at radius 3 is 2.71 bits per heavy atom. The van der Waals surface area contributed by atoms with Crippen LogP contribution in [0.1, 0.15) is 19.4 Å². The SMILES string of the molecule is CC(C)[C@H](NC(=O)Cc1c[nH]c2cc(O)ccc12)C(=O)[O-]. The first kappa shape index (κ1) is 14.9. The molecular formula is C15H17N2O4-. The molecule has 6 nitrogen and oxygen atoms in total. The number of hydrogen-bond donors (Lipinski definition) is 3. The van der Waals surface area contributed by atoms with Crippen molar-refractivity contribution in [1.29, 1.82) is 0 Å². The predicted octanol–water partition coefficient (Wildman–Crippen LogP) is 0.307. The number of fused-ring (bicyclic) bond motifs is 1. The maximum Gasteiger partial charge on any atom is 0.225 e. The fraction of sp³-hybridized carbons (Fsp3) is 0.333. The number of carbonyl (C=O) groups is 2. The van der Waals surface area contributed by atoms with E-state index in [1.807, 2.05) is 0 Å². The molecule has 0 bridgehead atoms. The van der Waals surface area contributed by atoms with Crippen molar-refractivity contribution in [2.45, 2.75) is 26.3 Å². The minimum absolute atomic E-state index is 0.0568. The van der Waals surface area contributed by atoms with Gasteiger partial charge in [0, 0.05) is 23.2 Å². The normalized spacial score (nSPS) is 12.5. The Bertz CT molecular complexity index is 675. The van der Waals surface area contributed by atoms with Gasteiger partial charge in [0.2, 0.25) is 5.91 Å². The molecular weight excluding hydrogens is 272 g/mol. The summed E-state index contributed by atoms with van der Waals surface area (Å²) in [7, 11) is 0. The molecule has 0 aliphatic heterocycles. The molecule has 21 heavy (non-hydrogen) atoms. The van der Waals surface area contributed by atoms with E-state index in [1.165, 1.54) is 6.07 Å². The second-order valence-corrected chi connectivity index (χ2v) is 5.33. The van der Waals surface area contributed by atoms with Crippen LogP contribution in [0.4, 0.5) is 0 Å². The standard InChI is InChI=1S/C15H18N2O4/c1-8(2)14(15(20)21)17-13(19)5-9-7-16-12-6-10(18)3-4-11(9)12/h3-4,6-8,14,16,18H,5H2,1-2H3,(H,17,19)(H,20,21)/p-1/t14-/m0/s1. The van der Waals surface area contributed by atoms with Gasteiger partial charge in [-0.25, -0.2) is 0 Å². The lowest BCUT2D eigenvalue weighted by atomic mass is 10.0. The number of aromatic amines is 1. The van der Waals surface area contributed by atoms with Crippen LogP contribution in [-0.4, -0.2) is 28.0 Å². The monoisotopic (exact) mass is 289 g/mol. The average Bonchev–Trinajstić information content (AvgIpc) is 2.77. The molecule has 0 radical (unpaired) electrons. The second-order valence-electron chi connectivity index (χ2n) is 5.33. The van der Waals surface area contributed by atoms with Crippen molar-refractivity contribution < 1.29 is 19.8 Å². The first-order valence-electron chi connectivity index (χ1n) is 6.67. The summed E-state index contributed by atoms with van der Waals surface area (Å²) in [6, 6.07) is 3.80. The molecule has 0 saturated carbocycles. The molecule has 1 aromatic carbocycles. The van der Waals surface area contributed by atoms with Crippen LogP contribution in [0.2, 0.25) is 0 Å². The minimum atomic E-state index is -1.29. The van der Waals surface area contributed by atoms with Gasteiger partial charge < -0.3 is 25.3 Å². The third-order valence-corrected chi connectivity index (χ3v) is 3.34. The highest BCUT2D eigenvalue weighted by Gasteiger charge is 2.18. The average molecular weight is 289 g/mol. The number of hydrogen-bond acceptors (Lipinski definition) is 4. The molecule has 6 heteroatoms. The Morgan fingerprint density at radius 1 is 1.38 bits per heavy atom. The molecule has 0 aliphatic rings. The number of aromatic nitrogens is 1. The smallest absolute Gasteiger partial charge is 0.225 e. The lowest BCUT2D eigenvalue weighted by Crippen LogP contribution is -2.51. The van der Waals surface area contributed by atoms with E-state index in [1.54, 1.807) is 32.2 Å². The van der Waals surface area contributed by atoms with Crippen molar-refractivity contribution in [3.63, 3.8) is 0 Å². The van der Waals surface area contributed by atoms with Crippen molar-refractivity contribution in [2.24, 2.45) is 5.92 Å². The van der Waals surface area contributed by atoms with Crippen LogP contribution in [0.15, 0.2) is 24.4 Å². The van der Waals surface area contributed by atoms with Crippen molar-refractivity contribution >= 4 is 22.8 Å². The van der Waals surface area contributed by atoms with Crippen molar-refractivity contribution in [3.8, 4) is 5.75 Å². The van der Waals surface area contributed by atoms with E-state index in [4.69, 9.17) is 0 Å². The van der Waals surface area contributed by atoms with E-state index in [2.05, 4.69) is 10.3 Å². The Labute approximate surface area is 121 Å². The van der Waals surface area contributed by atoms with Crippen LogP contribution < -0.4 is 10.4 Å². The van der Waals surface area contributed by atoms with Gasteiger partial charge in [0.25, 0.3) is 0 Å². The molecule has 112 valence electrons.